The third-order valence-electron chi connectivity index (χ3n) is 5.96. The molecular weight excluding hydrogens is 472 g/mol. The molecule has 5 rings (SSSR count). The number of rotatable bonds is 7. The summed E-state index contributed by atoms with van der Waals surface area (Å²) < 4.78 is 20.3. The highest BCUT2D eigenvalue weighted by Gasteiger charge is 2.40. The van der Waals surface area contributed by atoms with Crippen LogP contribution >= 0.6 is 11.6 Å². The summed E-state index contributed by atoms with van der Waals surface area (Å²) in [6, 6.07) is 15.6. The minimum atomic E-state index is -0.528. The van der Waals surface area contributed by atoms with E-state index < -0.39 is 17.3 Å². The number of pyridine rings is 1. The van der Waals surface area contributed by atoms with Crippen LogP contribution in [0.5, 0.6) is 11.5 Å². The summed E-state index contributed by atoms with van der Waals surface area (Å²) in [5.41, 5.74) is 2.56. The third-order valence-corrected chi connectivity index (χ3v) is 6.24. The summed E-state index contributed by atoms with van der Waals surface area (Å²) in [4.78, 5) is 19.1. The topological polar surface area (TPSA) is 102 Å². The fourth-order valence-corrected chi connectivity index (χ4v) is 4.33. The van der Waals surface area contributed by atoms with Crippen molar-refractivity contribution in [3.05, 3.63) is 87.4 Å². The quantitative estimate of drug-likeness (QED) is 0.192. The van der Waals surface area contributed by atoms with Crippen LogP contribution in [0, 0.1) is 24.0 Å². The molecule has 4 aromatic rings. The van der Waals surface area contributed by atoms with Crippen molar-refractivity contribution < 1.29 is 19.1 Å². The van der Waals surface area contributed by atoms with Crippen LogP contribution in [0.1, 0.15) is 23.8 Å². The first kappa shape index (κ1) is 23.1. The van der Waals surface area contributed by atoms with Crippen molar-refractivity contribution in [3.63, 3.8) is 0 Å². The molecule has 0 saturated carbocycles. The molecule has 1 saturated heterocycles. The van der Waals surface area contributed by atoms with Gasteiger partial charge in [-0.3, -0.25) is 10.1 Å². The number of nitro groups is 1. The molecule has 2 aromatic heterocycles. The predicted molar refractivity (Wildman–Crippen MR) is 130 cm³/mol. The average Bonchev–Trinajstić information content (AvgIpc) is 3.45. The van der Waals surface area contributed by atoms with E-state index in [4.69, 9.17) is 25.8 Å². The smallest absolute Gasteiger partial charge is 0.315 e. The number of hydrogen-bond donors (Lipinski definition) is 0. The van der Waals surface area contributed by atoms with E-state index in [0.717, 1.165) is 28.8 Å². The van der Waals surface area contributed by atoms with Crippen molar-refractivity contribution in [2.75, 3.05) is 6.61 Å². The fraction of sp³-hybridized carbons (Fsp3) is 0.280. The van der Waals surface area contributed by atoms with Crippen molar-refractivity contribution >= 4 is 28.3 Å². The molecular formula is C25H23ClN4O5. The molecule has 0 amide bonds. The summed E-state index contributed by atoms with van der Waals surface area (Å²) in [7, 11) is 0. The molecule has 0 spiro atoms. The van der Waals surface area contributed by atoms with Crippen LogP contribution in [0.15, 0.2) is 61.1 Å². The Morgan fingerprint density at radius 3 is 2.40 bits per heavy atom. The van der Waals surface area contributed by atoms with E-state index in [1.807, 2.05) is 62.4 Å². The molecule has 1 aliphatic rings. The maximum atomic E-state index is 11.4. The molecule has 2 aromatic carbocycles. The minimum absolute atomic E-state index is 0.113. The predicted octanol–water partition coefficient (Wildman–Crippen LogP) is 5.42. The third kappa shape index (κ3) is 4.78. The van der Waals surface area contributed by atoms with Crippen molar-refractivity contribution in [3.8, 4) is 11.5 Å². The highest BCUT2D eigenvalue weighted by Crippen LogP contribution is 2.37. The van der Waals surface area contributed by atoms with E-state index in [2.05, 4.69) is 9.97 Å². The Hall–Kier alpha value is -3.69. The highest BCUT2D eigenvalue weighted by atomic mass is 35.5. The Morgan fingerprint density at radius 1 is 1.09 bits per heavy atom. The van der Waals surface area contributed by atoms with Gasteiger partial charge in [0.15, 0.2) is 10.7 Å². The van der Waals surface area contributed by atoms with Gasteiger partial charge in [0.25, 0.3) is 0 Å². The first-order valence-electron chi connectivity index (χ1n) is 11.1. The lowest BCUT2D eigenvalue weighted by Gasteiger charge is -2.20. The minimum Gasteiger partial charge on any atom is -0.491 e. The zero-order chi connectivity index (χ0) is 24.5. The summed E-state index contributed by atoms with van der Waals surface area (Å²) in [6.07, 6.45) is 1.78. The molecule has 0 N–H and O–H groups in total. The summed E-state index contributed by atoms with van der Waals surface area (Å²) in [5, 5.41) is 11.5. The first-order valence-corrected chi connectivity index (χ1v) is 11.5. The zero-order valence-electron chi connectivity index (χ0n) is 19.1. The summed E-state index contributed by atoms with van der Waals surface area (Å²) in [6.45, 7) is 4.28. The Kier molecular flexibility index (Phi) is 6.27. The molecule has 1 fully saturated rings. The van der Waals surface area contributed by atoms with E-state index >= 15 is 0 Å². The lowest BCUT2D eigenvalue weighted by atomic mass is 10.1. The van der Waals surface area contributed by atoms with E-state index in [1.54, 1.807) is 4.57 Å². The number of benzene rings is 2. The lowest BCUT2D eigenvalue weighted by molar-refractivity contribution is -0.383. The molecule has 0 bridgehead atoms. The van der Waals surface area contributed by atoms with Gasteiger partial charge in [0.2, 0.25) is 0 Å². The fourth-order valence-electron chi connectivity index (χ4n) is 4.09. The van der Waals surface area contributed by atoms with Gasteiger partial charge in [-0.05, 0) is 38.1 Å². The number of ether oxygens (including phenoxy) is 3. The second kappa shape index (κ2) is 9.52. The average molecular weight is 495 g/mol. The molecule has 0 unspecified atom stereocenters. The van der Waals surface area contributed by atoms with Crippen molar-refractivity contribution in [1.82, 2.24) is 14.5 Å². The molecule has 180 valence electrons. The number of hydrogen-bond acceptors (Lipinski definition) is 7. The Labute approximate surface area is 206 Å². The van der Waals surface area contributed by atoms with Gasteiger partial charge < -0.3 is 18.8 Å². The number of aryl methyl sites for hydroxylation is 2. The molecule has 3 atom stereocenters. The molecule has 10 heteroatoms. The number of imidazole rings is 1. The van der Waals surface area contributed by atoms with Crippen LogP contribution in [0.2, 0.25) is 5.15 Å². The number of aromatic nitrogens is 3. The maximum Gasteiger partial charge on any atom is 0.315 e. The van der Waals surface area contributed by atoms with Gasteiger partial charge in [-0.25, -0.2) is 9.97 Å². The summed E-state index contributed by atoms with van der Waals surface area (Å²) >= 11 is 6.32. The zero-order valence-corrected chi connectivity index (χ0v) is 19.9. The van der Waals surface area contributed by atoms with Gasteiger partial charge in [0.05, 0.1) is 11.3 Å². The van der Waals surface area contributed by atoms with E-state index in [9.17, 15) is 10.1 Å². The molecule has 3 heterocycles. The Morgan fingerprint density at radius 2 is 1.74 bits per heavy atom. The Bertz CT molecular complexity index is 1360. The Balaban J connectivity index is 1.43. The van der Waals surface area contributed by atoms with Crippen LogP contribution < -0.4 is 9.47 Å². The van der Waals surface area contributed by atoms with Crippen LogP contribution in [0.3, 0.4) is 0 Å². The standard InChI is InChI=1S/C25H23ClN4O5/c1-15-3-7-17(8-4-15)33-13-21-20(34-18-9-5-16(2)6-10-18)11-22(35-21)29-14-28-23-19(30(31)32)12-27-25(26)24(23)29/h3-10,12,14,20-22H,11,13H2,1-2H3/t20-,21+,22+/m0/s1. The van der Waals surface area contributed by atoms with Crippen molar-refractivity contribution in [2.24, 2.45) is 0 Å². The van der Waals surface area contributed by atoms with Gasteiger partial charge in [0, 0.05) is 6.42 Å². The van der Waals surface area contributed by atoms with Crippen LogP contribution in [0.25, 0.3) is 11.0 Å². The SMILES string of the molecule is Cc1ccc(OC[C@H]2O[C@@H](n3cnc4c([N+](=O)[O-])cnc(Cl)c43)C[C@@H]2Oc2ccc(C)cc2)cc1. The maximum absolute atomic E-state index is 11.4. The van der Waals surface area contributed by atoms with Gasteiger partial charge in [-0.1, -0.05) is 47.0 Å². The van der Waals surface area contributed by atoms with Gasteiger partial charge in [0.1, 0.15) is 48.3 Å². The lowest BCUT2D eigenvalue weighted by Crippen LogP contribution is -2.32. The molecule has 9 nitrogen and oxygen atoms in total. The molecule has 0 radical (unpaired) electrons. The number of fused-ring (bicyclic) bond motifs is 1. The molecule has 35 heavy (non-hydrogen) atoms. The van der Waals surface area contributed by atoms with Crippen LogP contribution in [-0.2, 0) is 4.74 Å². The second-order valence-corrected chi connectivity index (χ2v) is 8.86. The van der Waals surface area contributed by atoms with Gasteiger partial charge in [-0.15, -0.1) is 0 Å². The van der Waals surface area contributed by atoms with Crippen LogP contribution in [-0.4, -0.2) is 38.3 Å². The highest BCUT2D eigenvalue weighted by molar-refractivity contribution is 6.34. The van der Waals surface area contributed by atoms with Gasteiger partial charge in [-0.2, -0.15) is 0 Å². The monoisotopic (exact) mass is 494 g/mol. The number of nitrogens with zero attached hydrogens (tertiary/aromatic N) is 4. The molecule has 0 aliphatic carbocycles. The van der Waals surface area contributed by atoms with Gasteiger partial charge >= 0.3 is 5.69 Å². The van der Waals surface area contributed by atoms with Crippen molar-refractivity contribution in [2.45, 2.75) is 38.7 Å². The number of halogens is 1. The normalized spacial score (nSPS) is 19.7. The largest absolute Gasteiger partial charge is 0.491 e. The van der Waals surface area contributed by atoms with E-state index in [0.29, 0.717) is 11.9 Å². The first-order chi connectivity index (χ1) is 16.9. The van der Waals surface area contributed by atoms with E-state index in [-0.39, 0.29) is 29.1 Å². The van der Waals surface area contributed by atoms with E-state index in [1.165, 1.54) is 6.33 Å². The van der Waals surface area contributed by atoms with Crippen molar-refractivity contribution in [1.29, 1.82) is 0 Å². The second-order valence-electron chi connectivity index (χ2n) is 8.50. The molecule has 1 aliphatic heterocycles. The summed E-state index contributed by atoms with van der Waals surface area (Å²) in [5.74, 6) is 1.45. The van der Waals surface area contributed by atoms with Crippen LogP contribution in [0.4, 0.5) is 5.69 Å².